The molecule has 0 saturated heterocycles. The van der Waals surface area contributed by atoms with Crippen LogP contribution in [0.15, 0.2) is 55.4 Å². The van der Waals surface area contributed by atoms with Crippen LogP contribution in [0.25, 0.3) is 15.4 Å². The normalized spacial score (nSPS) is 15.8. The number of pyridine rings is 2. The molecule has 0 aromatic carbocycles. The zero-order valence-corrected chi connectivity index (χ0v) is 14.9. The van der Waals surface area contributed by atoms with Crippen molar-refractivity contribution >= 4 is 27.1 Å². The van der Waals surface area contributed by atoms with Gasteiger partial charge in [-0.2, -0.15) is 0 Å². The molecular formula is C20H20N2O2S. The average Bonchev–Trinajstić information content (AvgIpc) is 2.70. The zero-order chi connectivity index (χ0) is 17.6. The Bertz CT molecular complexity index is 829. The van der Waals surface area contributed by atoms with Crippen molar-refractivity contribution in [3.8, 4) is 5.75 Å². The van der Waals surface area contributed by atoms with Gasteiger partial charge in [-0.25, -0.2) is 4.98 Å². The summed E-state index contributed by atoms with van der Waals surface area (Å²) in [5, 5.41) is 7.00. The molecule has 0 unspecified atom stereocenters. The summed E-state index contributed by atoms with van der Waals surface area (Å²) in [6.07, 6.45) is 9.89. The molecule has 0 fully saturated rings. The molecule has 128 valence electrons. The second-order valence-corrected chi connectivity index (χ2v) is 6.55. The molecule has 25 heavy (non-hydrogen) atoms. The van der Waals surface area contributed by atoms with E-state index in [1.165, 1.54) is 9.81 Å². The molecule has 0 saturated carbocycles. The Morgan fingerprint density at radius 3 is 2.80 bits per heavy atom. The lowest BCUT2D eigenvalue weighted by Gasteiger charge is -2.20. The fourth-order valence-electron chi connectivity index (χ4n) is 2.67. The van der Waals surface area contributed by atoms with Gasteiger partial charge < -0.3 is 9.84 Å². The third-order valence-electron chi connectivity index (χ3n) is 3.88. The standard InChI is InChI=1S/C19H16N2OS.CH4O/c1-13-9-11-22-16-8-7-15(21-19(13)16)18-6-2-5-17(23-18)14-4-3-10-20-12-14;1-2/h3-8,10,12H,1-2,9,11H2;2H,1H3. The van der Waals surface area contributed by atoms with Gasteiger partial charge >= 0.3 is 0 Å². The van der Waals surface area contributed by atoms with Gasteiger partial charge in [0.25, 0.3) is 0 Å². The van der Waals surface area contributed by atoms with Gasteiger partial charge in [-0.3, -0.25) is 4.98 Å². The van der Waals surface area contributed by atoms with Gasteiger partial charge in [0, 0.05) is 41.3 Å². The molecule has 0 aliphatic carbocycles. The lowest BCUT2D eigenvalue weighted by molar-refractivity contribution is 0.314. The van der Waals surface area contributed by atoms with Crippen LogP contribution in [0.3, 0.4) is 0 Å². The van der Waals surface area contributed by atoms with Gasteiger partial charge in [-0.1, -0.05) is 36.6 Å². The number of hydrogen-bond donors (Lipinski definition) is 1. The maximum absolute atomic E-state index is 7.00. The van der Waals surface area contributed by atoms with Crippen LogP contribution >= 0.6 is 11.8 Å². The summed E-state index contributed by atoms with van der Waals surface area (Å²) in [5.41, 5.74) is 4.08. The van der Waals surface area contributed by atoms with Crippen molar-refractivity contribution in [1.29, 1.82) is 0 Å². The first-order chi connectivity index (χ1) is 12.3. The number of fused-ring (bicyclic) bond motifs is 1. The number of ether oxygens (including phenoxy) is 1. The van der Waals surface area contributed by atoms with Crippen LogP contribution in [0.5, 0.6) is 5.75 Å². The SMILES string of the molecule is C=C1CCOc2ccc(C3=CCC=C(c4cccnc4)S3)nc21.CO. The van der Waals surface area contributed by atoms with E-state index in [-0.39, 0.29) is 0 Å². The molecule has 2 aromatic rings. The highest BCUT2D eigenvalue weighted by atomic mass is 32.2. The van der Waals surface area contributed by atoms with Crippen molar-refractivity contribution in [2.45, 2.75) is 12.8 Å². The summed E-state index contributed by atoms with van der Waals surface area (Å²) >= 11 is 1.74. The summed E-state index contributed by atoms with van der Waals surface area (Å²) in [4.78, 5) is 11.4. The van der Waals surface area contributed by atoms with Gasteiger partial charge in [-0.15, -0.1) is 0 Å². The average molecular weight is 352 g/mol. The molecule has 0 atom stereocenters. The smallest absolute Gasteiger partial charge is 0.145 e. The molecule has 2 aromatic heterocycles. The van der Waals surface area contributed by atoms with Crippen LogP contribution in [0.1, 0.15) is 29.8 Å². The fraction of sp³-hybridized carbons (Fsp3) is 0.200. The van der Waals surface area contributed by atoms with Crippen molar-refractivity contribution < 1.29 is 9.84 Å². The number of thioether (sulfide) groups is 1. The Morgan fingerprint density at radius 1 is 1.16 bits per heavy atom. The van der Waals surface area contributed by atoms with Crippen molar-refractivity contribution in [1.82, 2.24) is 9.97 Å². The first kappa shape index (κ1) is 17.5. The number of aliphatic hydroxyl groups is 1. The van der Waals surface area contributed by atoms with E-state index in [9.17, 15) is 0 Å². The fourth-order valence-corrected chi connectivity index (χ4v) is 3.73. The van der Waals surface area contributed by atoms with E-state index in [4.69, 9.17) is 14.8 Å². The lowest BCUT2D eigenvalue weighted by Crippen LogP contribution is -2.09. The maximum Gasteiger partial charge on any atom is 0.145 e. The molecule has 2 aliphatic heterocycles. The van der Waals surface area contributed by atoms with Gasteiger partial charge in [0.05, 0.1) is 12.3 Å². The monoisotopic (exact) mass is 352 g/mol. The third-order valence-corrected chi connectivity index (χ3v) is 5.10. The summed E-state index contributed by atoms with van der Waals surface area (Å²) in [6, 6.07) is 8.09. The molecule has 4 rings (SSSR count). The topological polar surface area (TPSA) is 55.2 Å². The number of allylic oxidation sites excluding steroid dienone is 2. The molecule has 0 amide bonds. The van der Waals surface area contributed by atoms with Crippen LogP contribution < -0.4 is 4.74 Å². The molecule has 4 nitrogen and oxygen atoms in total. The second kappa shape index (κ2) is 8.14. The highest BCUT2D eigenvalue weighted by Crippen LogP contribution is 2.43. The van der Waals surface area contributed by atoms with E-state index in [1.54, 1.807) is 18.0 Å². The number of nitrogens with zero attached hydrogens (tertiary/aromatic N) is 2. The predicted octanol–water partition coefficient (Wildman–Crippen LogP) is 4.40. The van der Waals surface area contributed by atoms with E-state index < -0.39 is 0 Å². The molecule has 4 heterocycles. The van der Waals surface area contributed by atoms with E-state index >= 15 is 0 Å². The minimum absolute atomic E-state index is 0.693. The summed E-state index contributed by atoms with van der Waals surface area (Å²) in [6.45, 7) is 4.81. The zero-order valence-electron chi connectivity index (χ0n) is 14.1. The van der Waals surface area contributed by atoms with Gasteiger partial charge in [0.1, 0.15) is 11.4 Å². The maximum atomic E-state index is 7.00. The second-order valence-electron chi connectivity index (χ2n) is 5.46. The number of rotatable bonds is 2. The Morgan fingerprint density at radius 2 is 2.00 bits per heavy atom. The van der Waals surface area contributed by atoms with E-state index in [1.807, 2.05) is 24.4 Å². The van der Waals surface area contributed by atoms with E-state index in [0.717, 1.165) is 48.2 Å². The van der Waals surface area contributed by atoms with Crippen LogP contribution in [0.2, 0.25) is 0 Å². The van der Waals surface area contributed by atoms with Gasteiger partial charge in [0.15, 0.2) is 0 Å². The molecule has 0 bridgehead atoms. The quantitative estimate of drug-likeness (QED) is 0.868. The predicted molar refractivity (Wildman–Crippen MR) is 104 cm³/mol. The van der Waals surface area contributed by atoms with Crippen LogP contribution in [0, 0.1) is 0 Å². The number of hydrogen-bond acceptors (Lipinski definition) is 5. The summed E-state index contributed by atoms with van der Waals surface area (Å²) < 4.78 is 5.66. The van der Waals surface area contributed by atoms with E-state index in [2.05, 4.69) is 29.8 Å². The van der Waals surface area contributed by atoms with Gasteiger partial charge in [-0.05, 0) is 30.2 Å². The third kappa shape index (κ3) is 3.83. The van der Waals surface area contributed by atoms with Crippen molar-refractivity contribution in [3.05, 3.63) is 72.3 Å². The lowest BCUT2D eigenvalue weighted by atomic mass is 10.1. The number of aliphatic hydroxyl groups excluding tert-OH is 1. The number of aromatic nitrogens is 2. The van der Waals surface area contributed by atoms with Crippen LogP contribution in [-0.2, 0) is 0 Å². The first-order valence-electron chi connectivity index (χ1n) is 8.07. The molecule has 2 aliphatic rings. The highest BCUT2D eigenvalue weighted by molar-refractivity contribution is 8.16. The Kier molecular flexibility index (Phi) is 5.68. The van der Waals surface area contributed by atoms with Crippen molar-refractivity contribution in [3.63, 3.8) is 0 Å². The Hall–Kier alpha value is -2.37. The minimum atomic E-state index is 0.693. The largest absolute Gasteiger partial charge is 0.491 e. The highest BCUT2D eigenvalue weighted by Gasteiger charge is 2.19. The minimum Gasteiger partial charge on any atom is -0.491 e. The molecule has 5 heteroatoms. The van der Waals surface area contributed by atoms with Gasteiger partial charge in [0.2, 0.25) is 0 Å². The Balaban J connectivity index is 0.000000880. The first-order valence-corrected chi connectivity index (χ1v) is 8.88. The molecule has 0 spiro atoms. The molecule has 0 radical (unpaired) electrons. The summed E-state index contributed by atoms with van der Waals surface area (Å²) in [7, 11) is 1.00. The van der Waals surface area contributed by atoms with Crippen molar-refractivity contribution in [2.75, 3.05) is 13.7 Å². The van der Waals surface area contributed by atoms with Crippen molar-refractivity contribution in [2.24, 2.45) is 0 Å². The van der Waals surface area contributed by atoms with E-state index in [0.29, 0.717) is 6.61 Å². The van der Waals surface area contributed by atoms with Crippen LogP contribution in [0.4, 0.5) is 0 Å². The summed E-state index contributed by atoms with van der Waals surface area (Å²) in [5.74, 6) is 0.842. The molecule has 1 N–H and O–H groups in total. The van der Waals surface area contributed by atoms with Crippen LogP contribution in [-0.4, -0.2) is 28.8 Å². The Labute approximate surface area is 152 Å². The molecular weight excluding hydrogens is 332 g/mol.